The molecule has 4 N–H and O–H groups in total. The maximum atomic E-state index is 13.0. The molecule has 9 rings (SSSR count). The smallest absolute Gasteiger partial charge is 0.407 e. The number of carbonyl (C=O) groups is 2. The Morgan fingerprint density at radius 3 is 1.79 bits per heavy atom. The molecule has 4 saturated heterocycles. The van der Waals surface area contributed by atoms with E-state index >= 15 is 0 Å². The lowest BCUT2D eigenvalue weighted by atomic mass is 9.90. The van der Waals surface area contributed by atoms with E-state index in [0.29, 0.717) is 91.7 Å². The number of carbonyl (C=O) groups excluding carboxylic acids is 2. The number of benzene rings is 4. The van der Waals surface area contributed by atoms with Gasteiger partial charge in [0.2, 0.25) is 11.8 Å². The molecule has 0 radical (unpaired) electrons. The van der Waals surface area contributed by atoms with Gasteiger partial charge in [0.05, 0.1) is 67.8 Å². The van der Waals surface area contributed by atoms with E-state index < -0.39 is 17.8 Å². The zero-order valence-electron chi connectivity index (χ0n) is 33.5. The molecule has 1 aromatic heterocycles. The van der Waals surface area contributed by atoms with Gasteiger partial charge in [-0.1, -0.05) is 54.6 Å². The molecule has 14 nitrogen and oxygen atoms in total. The molecule has 4 aliphatic rings. The summed E-state index contributed by atoms with van der Waals surface area (Å²) in [5.74, 6) is -0.259. The van der Waals surface area contributed by atoms with Crippen LogP contribution in [0, 0.1) is 45.8 Å². The van der Waals surface area contributed by atoms with Crippen LogP contribution < -0.4 is 27.0 Å². The van der Waals surface area contributed by atoms with Gasteiger partial charge in [0.15, 0.2) is 5.58 Å². The second kappa shape index (κ2) is 16.8. The van der Waals surface area contributed by atoms with Crippen LogP contribution in [-0.4, -0.2) is 79.1 Å². The maximum Gasteiger partial charge on any atom is 0.419 e. The maximum absolute atomic E-state index is 13.0. The van der Waals surface area contributed by atoms with Crippen molar-refractivity contribution in [1.82, 2.24) is 25.8 Å². The molecule has 14 heteroatoms. The number of nitrogens with zero attached hydrogens (tertiary/aromatic N) is 4. The van der Waals surface area contributed by atoms with E-state index in [9.17, 15) is 30.2 Å². The fourth-order valence-corrected chi connectivity index (χ4v) is 9.26. The Morgan fingerprint density at radius 1 is 0.705 bits per heavy atom. The Balaban J connectivity index is 0.953. The standard InChI is InChI=1S/C47H44N8O6/c1-55-43-18-31(29-7-2-26(3-8-29)12-34(20-49)51-45(56)39-16-32-22-59-24-41(32)53-39)15-38(44(43)61-47(55)58)37-14-28(19-48)6-11-36(37)30-9-4-27(5-10-30)13-35(21-50)52-46(57)40-17-33-23-60-25-42(33)54-40/h2-11,14-15,18,32-35,39-42,53-54H,12-13,16-17,22-25H2,1H3,(H,51,56)(H,52,57)/t32-,33+,34-,35-,39-,40+,41+,42-/m0/s1. The van der Waals surface area contributed by atoms with Crippen LogP contribution in [-0.2, 0) is 39.0 Å². The van der Waals surface area contributed by atoms with Gasteiger partial charge in [-0.05, 0) is 76.1 Å². The summed E-state index contributed by atoms with van der Waals surface area (Å²) in [6.45, 7) is 2.49. The molecule has 0 aliphatic carbocycles. The summed E-state index contributed by atoms with van der Waals surface area (Å²) in [4.78, 5) is 39.1. The highest BCUT2D eigenvalue weighted by atomic mass is 16.5. The topological polar surface area (TPSA) is 207 Å². The summed E-state index contributed by atoms with van der Waals surface area (Å²) in [5, 5.41) is 42.3. The third kappa shape index (κ3) is 8.05. The number of ether oxygens (including phenoxy) is 2. The van der Waals surface area contributed by atoms with Gasteiger partial charge in [0, 0.05) is 49.4 Å². The van der Waals surface area contributed by atoms with E-state index in [0.717, 1.165) is 33.4 Å². The Labute approximate surface area is 352 Å². The first kappa shape index (κ1) is 39.8. The lowest BCUT2D eigenvalue weighted by Crippen LogP contribution is -2.47. The fourth-order valence-electron chi connectivity index (χ4n) is 9.26. The molecule has 0 unspecified atom stereocenters. The highest BCUT2D eigenvalue weighted by Crippen LogP contribution is 2.40. The zero-order chi connectivity index (χ0) is 42.2. The van der Waals surface area contributed by atoms with E-state index in [1.54, 1.807) is 19.2 Å². The van der Waals surface area contributed by atoms with Crippen LogP contribution in [0.1, 0.15) is 29.5 Å². The van der Waals surface area contributed by atoms with E-state index in [1.165, 1.54) is 4.57 Å². The van der Waals surface area contributed by atoms with E-state index in [2.05, 4.69) is 39.5 Å². The minimum Gasteiger partial charge on any atom is -0.407 e. The Morgan fingerprint density at radius 2 is 1.26 bits per heavy atom. The van der Waals surface area contributed by atoms with Crippen molar-refractivity contribution in [2.24, 2.45) is 18.9 Å². The molecule has 4 fully saturated rings. The number of oxazole rings is 1. The summed E-state index contributed by atoms with van der Waals surface area (Å²) in [5.41, 5.74) is 7.71. The normalized spacial score (nSPS) is 23.6. The average molecular weight is 817 g/mol. The second-order valence-corrected chi connectivity index (χ2v) is 16.6. The van der Waals surface area contributed by atoms with Crippen LogP contribution in [0.5, 0.6) is 0 Å². The minimum absolute atomic E-state index is 0.173. The van der Waals surface area contributed by atoms with Crippen molar-refractivity contribution in [3.63, 3.8) is 0 Å². The largest absolute Gasteiger partial charge is 0.419 e. The van der Waals surface area contributed by atoms with Crippen molar-refractivity contribution in [3.05, 3.63) is 106 Å². The molecule has 5 heterocycles. The van der Waals surface area contributed by atoms with Crippen LogP contribution in [0.3, 0.4) is 0 Å². The summed E-state index contributed by atoms with van der Waals surface area (Å²) < 4.78 is 18.3. The first-order valence-corrected chi connectivity index (χ1v) is 20.6. The highest BCUT2D eigenvalue weighted by Gasteiger charge is 2.42. The van der Waals surface area contributed by atoms with Crippen molar-refractivity contribution >= 4 is 22.9 Å². The minimum atomic E-state index is -0.711. The van der Waals surface area contributed by atoms with Gasteiger partial charge < -0.3 is 35.2 Å². The molecule has 5 aromatic rings. The second-order valence-electron chi connectivity index (χ2n) is 16.6. The van der Waals surface area contributed by atoms with Crippen LogP contribution >= 0.6 is 0 Å². The Hall–Kier alpha value is -6.60. The molecule has 308 valence electrons. The Kier molecular flexibility index (Phi) is 11.0. The molecule has 4 aliphatic heterocycles. The summed E-state index contributed by atoms with van der Waals surface area (Å²) in [6, 6.07) is 29.7. The van der Waals surface area contributed by atoms with E-state index in [4.69, 9.17) is 13.9 Å². The Bertz CT molecular complexity index is 2660. The number of nitrogens with one attached hydrogen (secondary N) is 4. The number of nitriles is 3. The van der Waals surface area contributed by atoms with Crippen molar-refractivity contribution in [3.8, 4) is 51.6 Å². The van der Waals surface area contributed by atoms with Crippen LogP contribution in [0.2, 0.25) is 0 Å². The van der Waals surface area contributed by atoms with Crippen molar-refractivity contribution in [2.45, 2.75) is 61.9 Å². The van der Waals surface area contributed by atoms with Crippen molar-refractivity contribution in [2.75, 3.05) is 26.4 Å². The molecule has 8 atom stereocenters. The summed E-state index contributed by atoms with van der Waals surface area (Å²) >= 11 is 0. The van der Waals surface area contributed by atoms with Gasteiger partial charge in [-0.25, -0.2) is 4.79 Å². The number of amides is 2. The predicted octanol–water partition coefficient (Wildman–Crippen LogP) is 3.86. The molecule has 0 spiro atoms. The van der Waals surface area contributed by atoms with Crippen LogP contribution in [0.15, 0.2) is 88.1 Å². The van der Waals surface area contributed by atoms with Gasteiger partial charge >= 0.3 is 5.76 Å². The highest BCUT2D eigenvalue weighted by molar-refractivity contribution is 5.99. The van der Waals surface area contributed by atoms with Gasteiger partial charge in [-0.3, -0.25) is 14.2 Å². The van der Waals surface area contributed by atoms with Gasteiger partial charge in [-0.15, -0.1) is 0 Å². The lowest BCUT2D eigenvalue weighted by Gasteiger charge is -2.17. The number of rotatable bonds is 11. The lowest BCUT2D eigenvalue weighted by molar-refractivity contribution is -0.124. The molecule has 0 bridgehead atoms. The van der Waals surface area contributed by atoms with Gasteiger partial charge in [0.25, 0.3) is 0 Å². The quantitative estimate of drug-likeness (QED) is 0.151. The van der Waals surface area contributed by atoms with Crippen molar-refractivity contribution in [1.29, 1.82) is 15.8 Å². The average Bonchev–Trinajstić information content (AvgIpc) is 4.12. The van der Waals surface area contributed by atoms with Crippen molar-refractivity contribution < 1.29 is 23.5 Å². The number of hydrogen-bond acceptors (Lipinski definition) is 11. The SMILES string of the molecule is Cn1c(=O)oc2c(-c3cc(C#N)ccc3-c3ccc(C[C@@H](C#N)NC(=O)[C@H]4C[C@@H]5COC[C@@H]5N4)cc3)cc(-c3ccc(C[C@@H](C#N)NC(=O)[C@@H]4C[C@H]5COC[C@H]5N4)cc3)cc21. The molecule has 4 aromatic carbocycles. The number of aromatic nitrogens is 1. The number of aryl methyl sites for hydroxylation is 1. The first-order chi connectivity index (χ1) is 29.7. The zero-order valence-corrected chi connectivity index (χ0v) is 33.5. The fraction of sp³-hybridized carbons (Fsp3) is 0.362. The number of hydrogen-bond donors (Lipinski definition) is 4. The molecule has 2 amide bonds. The van der Waals surface area contributed by atoms with Gasteiger partial charge in [0.1, 0.15) is 12.1 Å². The number of fused-ring (bicyclic) bond motifs is 3. The molecular weight excluding hydrogens is 773 g/mol. The molecular formula is C47H44N8O6. The van der Waals surface area contributed by atoms with E-state index in [1.807, 2.05) is 66.7 Å². The van der Waals surface area contributed by atoms with Gasteiger partial charge in [-0.2, -0.15) is 15.8 Å². The molecule has 61 heavy (non-hydrogen) atoms. The monoisotopic (exact) mass is 816 g/mol. The summed E-state index contributed by atoms with van der Waals surface area (Å²) in [7, 11) is 1.65. The van der Waals surface area contributed by atoms with E-state index in [-0.39, 0.29) is 36.0 Å². The predicted molar refractivity (Wildman–Crippen MR) is 224 cm³/mol. The van der Waals surface area contributed by atoms with Crippen LogP contribution in [0.4, 0.5) is 0 Å². The third-order valence-corrected chi connectivity index (χ3v) is 12.6. The third-order valence-electron chi connectivity index (χ3n) is 12.6. The first-order valence-electron chi connectivity index (χ1n) is 20.6. The van der Waals surface area contributed by atoms with Crippen LogP contribution in [0.25, 0.3) is 44.5 Å². The molecule has 0 saturated carbocycles. The summed E-state index contributed by atoms with van der Waals surface area (Å²) in [6.07, 6.45) is 2.03.